The van der Waals surface area contributed by atoms with E-state index in [0.717, 1.165) is 30.5 Å². The van der Waals surface area contributed by atoms with Gasteiger partial charge in [-0.3, -0.25) is 14.6 Å². The summed E-state index contributed by atoms with van der Waals surface area (Å²) < 4.78 is 0. The van der Waals surface area contributed by atoms with Crippen LogP contribution in [-0.2, 0) is 4.79 Å². The van der Waals surface area contributed by atoms with Crippen molar-refractivity contribution in [3.8, 4) is 0 Å². The zero-order valence-corrected chi connectivity index (χ0v) is 13.7. The molecular formula is C19H21N3O2. The van der Waals surface area contributed by atoms with Gasteiger partial charge in [-0.2, -0.15) is 0 Å². The Kier molecular flexibility index (Phi) is 4.89. The molecule has 1 saturated heterocycles. The molecule has 0 radical (unpaired) electrons. The van der Waals surface area contributed by atoms with Gasteiger partial charge < -0.3 is 10.2 Å². The summed E-state index contributed by atoms with van der Waals surface area (Å²) in [5.41, 5.74) is 2.76. The fraction of sp³-hybridized carbons (Fsp3) is 0.316. The van der Waals surface area contributed by atoms with Crippen LogP contribution in [0.5, 0.6) is 0 Å². The Morgan fingerprint density at radius 1 is 1.17 bits per heavy atom. The van der Waals surface area contributed by atoms with Gasteiger partial charge in [0.05, 0.1) is 12.6 Å². The largest absolute Gasteiger partial charge is 0.343 e. The Morgan fingerprint density at radius 3 is 2.58 bits per heavy atom. The second-order valence-electron chi connectivity index (χ2n) is 6.07. The molecule has 1 aliphatic rings. The lowest BCUT2D eigenvalue weighted by Gasteiger charge is -2.25. The number of likely N-dealkylation sites (tertiary alicyclic amines) is 1. The van der Waals surface area contributed by atoms with Crippen molar-refractivity contribution in [1.29, 1.82) is 0 Å². The van der Waals surface area contributed by atoms with E-state index in [4.69, 9.17) is 0 Å². The minimum Gasteiger partial charge on any atom is -0.343 e. The Bertz CT molecular complexity index is 713. The summed E-state index contributed by atoms with van der Waals surface area (Å²) in [5.74, 6) is -0.266. The first-order chi connectivity index (χ1) is 11.6. The average Bonchev–Trinajstić information content (AvgIpc) is 3.10. The molecule has 1 aromatic heterocycles. The van der Waals surface area contributed by atoms with Crippen LogP contribution in [0.4, 0.5) is 0 Å². The molecule has 1 N–H and O–H groups in total. The normalized spacial score (nSPS) is 16.9. The van der Waals surface area contributed by atoms with Gasteiger partial charge in [0, 0.05) is 24.5 Å². The number of carbonyl (C=O) groups is 2. The molecule has 0 spiro atoms. The fourth-order valence-electron chi connectivity index (χ4n) is 3.06. The number of pyridine rings is 1. The molecule has 5 nitrogen and oxygen atoms in total. The molecule has 24 heavy (non-hydrogen) atoms. The molecule has 3 rings (SSSR count). The van der Waals surface area contributed by atoms with Gasteiger partial charge in [-0.15, -0.1) is 0 Å². The number of nitrogens with one attached hydrogen (secondary N) is 1. The maximum absolute atomic E-state index is 12.5. The molecular weight excluding hydrogens is 302 g/mol. The zero-order chi connectivity index (χ0) is 16.9. The van der Waals surface area contributed by atoms with Crippen LogP contribution in [0.2, 0.25) is 0 Å². The summed E-state index contributed by atoms with van der Waals surface area (Å²) in [4.78, 5) is 30.5. The van der Waals surface area contributed by atoms with Gasteiger partial charge in [-0.1, -0.05) is 17.7 Å². The number of aryl methyl sites for hydroxylation is 1. The Labute approximate surface area is 141 Å². The molecule has 124 valence electrons. The molecule has 1 aromatic carbocycles. The van der Waals surface area contributed by atoms with Gasteiger partial charge >= 0.3 is 0 Å². The molecule has 5 heteroatoms. The highest BCUT2D eigenvalue weighted by atomic mass is 16.2. The van der Waals surface area contributed by atoms with E-state index in [2.05, 4.69) is 10.3 Å². The highest BCUT2D eigenvalue weighted by molar-refractivity contribution is 5.96. The van der Waals surface area contributed by atoms with Crippen molar-refractivity contribution < 1.29 is 9.59 Å². The van der Waals surface area contributed by atoms with Crippen LogP contribution in [0.15, 0.2) is 48.8 Å². The summed E-state index contributed by atoms with van der Waals surface area (Å²) >= 11 is 0. The van der Waals surface area contributed by atoms with E-state index in [9.17, 15) is 9.59 Å². The molecule has 0 aliphatic carbocycles. The summed E-state index contributed by atoms with van der Waals surface area (Å²) in [7, 11) is 0. The van der Waals surface area contributed by atoms with Gasteiger partial charge in [0.2, 0.25) is 5.91 Å². The maximum Gasteiger partial charge on any atom is 0.251 e. The smallest absolute Gasteiger partial charge is 0.251 e. The fourth-order valence-corrected chi connectivity index (χ4v) is 3.06. The lowest BCUT2D eigenvalue weighted by atomic mass is 10.1. The van der Waals surface area contributed by atoms with E-state index in [1.54, 1.807) is 24.5 Å². The van der Waals surface area contributed by atoms with Gasteiger partial charge in [0.15, 0.2) is 0 Å². The molecule has 1 aliphatic heterocycles. The highest BCUT2D eigenvalue weighted by Gasteiger charge is 2.29. The lowest BCUT2D eigenvalue weighted by Crippen LogP contribution is -2.39. The van der Waals surface area contributed by atoms with E-state index in [0.29, 0.717) is 5.56 Å². The van der Waals surface area contributed by atoms with Gasteiger partial charge in [0.1, 0.15) is 0 Å². The van der Waals surface area contributed by atoms with Crippen LogP contribution in [0, 0.1) is 6.92 Å². The van der Waals surface area contributed by atoms with Crippen LogP contribution >= 0.6 is 0 Å². The van der Waals surface area contributed by atoms with E-state index in [-0.39, 0.29) is 24.4 Å². The molecule has 0 saturated carbocycles. The Hall–Kier alpha value is -2.69. The second kappa shape index (κ2) is 7.25. The van der Waals surface area contributed by atoms with Crippen LogP contribution in [0.3, 0.4) is 0 Å². The molecule has 2 amide bonds. The van der Waals surface area contributed by atoms with E-state index in [1.807, 2.05) is 36.1 Å². The van der Waals surface area contributed by atoms with Crippen molar-refractivity contribution in [3.63, 3.8) is 0 Å². The van der Waals surface area contributed by atoms with Crippen molar-refractivity contribution in [1.82, 2.24) is 15.2 Å². The van der Waals surface area contributed by atoms with Crippen molar-refractivity contribution in [3.05, 3.63) is 65.5 Å². The molecule has 1 fully saturated rings. The minimum atomic E-state index is -0.219. The number of aromatic nitrogens is 1. The third-order valence-corrected chi connectivity index (χ3v) is 4.38. The van der Waals surface area contributed by atoms with Crippen LogP contribution in [0.1, 0.15) is 40.4 Å². The molecule has 0 unspecified atom stereocenters. The summed E-state index contributed by atoms with van der Waals surface area (Å²) in [6.45, 7) is 2.72. The predicted octanol–water partition coefficient (Wildman–Crippen LogP) is 2.48. The highest BCUT2D eigenvalue weighted by Crippen LogP contribution is 2.31. The summed E-state index contributed by atoms with van der Waals surface area (Å²) in [6.07, 6.45) is 5.41. The van der Waals surface area contributed by atoms with Crippen molar-refractivity contribution in [2.45, 2.75) is 25.8 Å². The second-order valence-corrected chi connectivity index (χ2v) is 6.07. The maximum atomic E-state index is 12.5. The lowest BCUT2D eigenvalue weighted by molar-refractivity contribution is -0.131. The number of carbonyl (C=O) groups excluding carboxylic acids is 2. The Balaban J connectivity index is 1.60. The topological polar surface area (TPSA) is 62.3 Å². The Morgan fingerprint density at radius 2 is 1.88 bits per heavy atom. The van der Waals surface area contributed by atoms with Crippen molar-refractivity contribution in [2.24, 2.45) is 0 Å². The first kappa shape index (κ1) is 16.2. The van der Waals surface area contributed by atoms with Crippen molar-refractivity contribution >= 4 is 11.8 Å². The number of rotatable bonds is 4. The number of hydrogen-bond acceptors (Lipinski definition) is 3. The molecule has 0 bridgehead atoms. The standard InChI is InChI=1S/C19H21N3O2/c1-14-4-6-16(7-5-14)19(24)21-13-18(23)22-12-2-3-17(22)15-8-10-20-11-9-15/h4-11,17H,2-3,12-13H2,1H3,(H,21,24)/t17-/m1/s1. The molecule has 2 heterocycles. The third kappa shape index (κ3) is 3.62. The first-order valence-corrected chi connectivity index (χ1v) is 8.19. The van der Waals surface area contributed by atoms with Gasteiger partial charge in [-0.25, -0.2) is 0 Å². The third-order valence-electron chi connectivity index (χ3n) is 4.38. The predicted molar refractivity (Wildman–Crippen MR) is 91.4 cm³/mol. The molecule has 2 aromatic rings. The molecule has 1 atom stereocenters. The number of benzene rings is 1. The quantitative estimate of drug-likeness (QED) is 0.940. The summed E-state index contributed by atoms with van der Waals surface area (Å²) in [6, 6.07) is 11.3. The number of hydrogen-bond donors (Lipinski definition) is 1. The van der Waals surface area contributed by atoms with Gasteiger partial charge in [-0.05, 0) is 49.6 Å². The summed E-state index contributed by atoms with van der Waals surface area (Å²) in [5, 5.41) is 2.72. The number of nitrogens with zero attached hydrogens (tertiary/aromatic N) is 2. The zero-order valence-electron chi connectivity index (χ0n) is 13.7. The van der Waals surface area contributed by atoms with Crippen molar-refractivity contribution in [2.75, 3.05) is 13.1 Å². The van der Waals surface area contributed by atoms with Crippen LogP contribution < -0.4 is 5.32 Å². The minimum absolute atomic E-state index is 0.0221. The van der Waals surface area contributed by atoms with Crippen LogP contribution in [-0.4, -0.2) is 34.8 Å². The number of amides is 2. The van der Waals surface area contributed by atoms with E-state index in [1.165, 1.54) is 0 Å². The SMILES string of the molecule is Cc1ccc(C(=O)NCC(=O)N2CCC[C@@H]2c2ccncc2)cc1. The van der Waals surface area contributed by atoms with E-state index < -0.39 is 0 Å². The average molecular weight is 323 g/mol. The monoisotopic (exact) mass is 323 g/mol. The van der Waals surface area contributed by atoms with Gasteiger partial charge in [0.25, 0.3) is 5.91 Å². The van der Waals surface area contributed by atoms with Crippen LogP contribution in [0.25, 0.3) is 0 Å². The van der Waals surface area contributed by atoms with E-state index >= 15 is 0 Å². The first-order valence-electron chi connectivity index (χ1n) is 8.19.